The minimum Gasteiger partial charge on any atom is -0.354 e. The molecule has 0 radical (unpaired) electrons. The Morgan fingerprint density at radius 1 is 1.17 bits per heavy atom. The summed E-state index contributed by atoms with van der Waals surface area (Å²) in [5.74, 6) is 0. The van der Waals surface area contributed by atoms with Crippen LogP contribution in [0.4, 0.5) is 5.69 Å². The van der Waals surface area contributed by atoms with Gasteiger partial charge in [-0.25, -0.2) is 0 Å². The first-order valence-electron chi connectivity index (χ1n) is 7.89. The van der Waals surface area contributed by atoms with E-state index in [1.54, 1.807) is 4.90 Å². The van der Waals surface area contributed by atoms with Crippen molar-refractivity contribution in [2.75, 3.05) is 18.4 Å². The van der Waals surface area contributed by atoms with Gasteiger partial charge in [0.25, 0.3) is 0 Å². The van der Waals surface area contributed by atoms with Gasteiger partial charge in [0.1, 0.15) is 6.54 Å². The predicted molar refractivity (Wildman–Crippen MR) is 103 cm³/mol. The molecule has 3 nitrogen and oxygen atoms in total. The molecule has 3 rings (SSSR count). The van der Waals surface area contributed by atoms with Gasteiger partial charge >= 0.3 is 0 Å². The summed E-state index contributed by atoms with van der Waals surface area (Å²) < 4.78 is 1.05. The molecule has 0 aliphatic carbocycles. The summed E-state index contributed by atoms with van der Waals surface area (Å²) in [4.78, 5) is 1.61. The van der Waals surface area contributed by atoms with E-state index < -0.39 is 0 Å². The Morgan fingerprint density at radius 3 is 2.78 bits per heavy atom. The predicted octanol–water partition coefficient (Wildman–Crippen LogP) is 2.59. The molecule has 0 saturated carbocycles. The standard InChI is InChI=1S/C18H20BrN3S/c19-15-7-4-8-16(11-15)20-18(23)21-17-9-10-22(13-17)12-14-5-2-1-3-6-14/h1-8,11,17H,9-10,12-13H2,(H2,20,21,23)/p+1/t17-/m1/s1. The molecule has 0 spiro atoms. The number of nitrogens with one attached hydrogen (secondary N) is 3. The van der Waals surface area contributed by atoms with E-state index in [0.29, 0.717) is 11.2 Å². The van der Waals surface area contributed by atoms with Crippen molar-refractivity contribution in [1.29, 1.82) is 0 Å². The molecule has 120 valence electrons. The topological polar surface area (TPSA) is 28.5 Å². The van der Waals surface area contributed by atoms with Crippen molar-refractivity contribution < 1.29 is 4.90 Å². The van der Waals surface area contributed by atoms with E-state index >= 15 is 0 Å². The smallest absolute Gasteiger partial charge is 0.171 e. The third kappa shape index (κ3) is 5.03. The van der Waals surface area contributed by atoms with Crippen molar-refractivity contribution in [2.45, 2.75) is 19.0 Å². The second-order valence-electron chi connectivity index (χ2n) is 5.96. The Hall–Kier alpha value is -1.43. The van der Waals surface area contributed by atoms with Gasteiger partial charge in [-0.1, -0.05) is 52.3 Å². The zero-order chi connectivity index (χ0) is 16.1. The molecular weight excluding hydrogens is 370 g/mol. The second kappa shape index (κ2) is 7.90. The lowest BCUT2D eigenvalue weighted by molar-refractivity contribution is -0.901. The van der Waals surface area contributed by atoms with Gasteiger partial charge in [-0.3, -0.25) is 0 Å². The van der Waals surface area contributed by atoms with Crippen LogP contribution in [0.25, 0.3) is 0 Å². The van der Waals surface area contributed by atoms with Crippen LogP contribution in [0, 0.1) is 0 Å². The maximum Gasteiger partial charge on any atom is 0.171 e. The fourth-order valence-corrected chi connectivity index (χ4v) is 3.70. The summed E-state index contributed by atoms with van der Waals surface area (Å²) in [5, 5.41) is 7.40. The number of rotatable bonds is 4. The van der Waals surface area contributed by atoms with Crippen LogP contribution >= 0.6 is 28.1 Å². The molecule has 2 aromatic rings. The Labute approximate surface area is 151 Å². The molecule has 1 aliphatic rings. The van der Waals surface area contributed by atoms with Gasteiger partial charge in [0.05, 0.1) is 19.1 Å². The normalized spacial score (nSPS) is 20.2. The minimum absolute atomic E-state index is 0.445. The Morgan fingerprint density at radius 2 is 2.00 bits per heavy atom. The molecule has 23 heavy (non-hydrogen) atoms. The number of thiocarbonyl (C=S) groups is 1. The number of anilines is 1. The van der Waals surface area contributed by atoms with Gasteiger partial charge in [0, 0.05) is 22.1 Å². The second-order valence-corrected chi connectivity index (χ2v) is 7.28. The number of hydrogen-bond donors (Lipinski definition) is 3. The maximum absolute atomic E-state index is 5.44. The molecule has 1 heterocycles. The van der Waals surface area contributed by atoms with Crippen LogP contribution in [0.2, 0.25) is 0 Å². The van der Waals surface area contributed by atoms with Gasteiger partial charge in [-0.2, -0.15) is 0 Å². The average molecular weight is 391 g/mol. The summed E-state index contributed by atoms with van der Waals surface area (Å²) in [7, 11) is 0. The highest BCUT2D eigenvalue weighted by molar-refractivity contribution is 9.10. The van der Waals surface area contributed by atoms with Gasteiger partial charge in [0.2, 0.25) is 0 Å². The molecule has 1 fully saturated rings. The van der Waals surface area contributed by atoms with E-state index in [1.807, 2.05) is 24.3 Å². The monoisotopic (exact) mass is 390 g/mol. The number of likely N-dealkylation sites (tertiary alicyclic amines) is 1. The fourth-order valence-electron chi connectivity index (χ4n) is 3.02. The average Bonchev–Trinajstić information content (AvgIpc) is 2.95. The first-order valence-corrected chi connectivity index (χ1v) is 9.10. The molecule has 0 amide bonds. The molecule has 0 bridgehead atoms. The zero-order valence-electron chi connectivity index (χ0n) is 12.9. The number of quaternary nitrogens is 1. The SMILES string of the molecule is S=C(Nc1cccc(Br)c1)N[C@@H]1CC[NH+](Cc2ccccc2)C1. The van der Waals surface area contributed by atoms with Crippen LogP contribution in [0.15, 0.2) is 59.1 Å². The first kappa shape index (κ1) is 16.4. The highest BCUT2D eigenvalue weighted by Crippen LogP contribution is 2.15. The fraction of sp³-hybridized carbons (Fsp3) is 0.278. The quantitative estimate of drug-likeness (QED) is 0.700. The minimum atomic E-state index is 0.445. The van der Waals surface area contributed by atoms with Crippen LogP contribution in [0.1, 0.15) is 12.0 Å². The van der Waals surface area contributed by atoms with E-state index in [9.17, 15) is 0 Å². The summed E-state index contributed by atoms with van der Waals surface area (Å²) in [5.41, 5.74) is 2.40. The molecule has 3 N–H and O–H groups in total. The third-order valence-corrected chi connectivity index (χ3v) is 4.81. The summed E-state index contributed by atoms with van der Waals surface area (Å²) in [6.07, 6.45) is 1.16. The highest BCUT2D eigenvalue weighted by Gasteiger charge is 2.26. The van der Waals surface area contributed by atoms with Gasteiger partial charge in [-0.15, -0.1) is 0 Å². The van der Waals surface area contributed by atoms with Crippen LogP contribution in [0.5, 0.6) is 0 Å². The van der Waals surface area contributed by atoms with Crippen LogP contribution < -0.4 is 15.5 Å². The molecule has 2 atom stereocenters. The van der Waals surface area contributed by atoms with Crippen molar-refractivity contribution in [3.05, 3.63) is 64.6 Å². The molecule has 2 aromatic carbocycles. The molecular formula is C18H21BrN3S+. The van der Waals surface area contributed by atoms with Crippen LogP contribution in [-0.2, 0) is 6.54 Å². The largest absolute Gasteiger partial charge is 0.354 e. The number of benzene rings is 2. The molecule has 1 aliphatic heterocycles. The van der Waals surface area contributed by atoms with Crippen LogP contribution in [0.3, 0.4) is 0 Å². The van der Waals surface area contributed by atoms with Crippen molar-refractivity contribution in [2.24, 2.45) is 0 Å². The van der Waals surface area contributed by atoms with Crippen molar-refractivity contribution in [1.82, 2.24) is 5.32 Å². The summed E-state index contributed by atoms with van der Waals surface area (Å²) in [6, 6.07) is 19.2. The van der Waals surface area contributed by atoms with E-state index in [-0.39, 0.29) is 0 Å². The maximum atomic E-state index is 5.44. The van der Waals surface area contributed by atoms with Crippen molar-refractivity contribution in [3.63, 3.8) is 0 Å². The number of halogens is 1. The van der Waals surface area contributed by atoms with Crippen LogP contribution in [-0.4, -0.2) is 24.2 Å². The molecule has 0 aromatic heterocycles. The van der Waals surface area contributed by atoms with E-state index in [4.69, 9.17) is 12.2 Å². The molecule has 1 unspecified atom stereocenters. The van der Waals surface area contributed by atoms with Gasteiger partial charge < -0.3 is 15.5 Å². The molecule has 1 saturated heterocycles. The van der Waals surface area contributed by atoms with Gasteiger partial charge in [0.15, 0.2) is 5.11 Å². The lowest BCUT2D eigenvalue weighted by atomic mass is 10.2. The van der Waals surface area contributed by atoms with Crippen molar-refractivity contribution in [3.8, 4) is 0 Å². The summed E-state index contributed by atoms with van der Waals surface area (Å²) in [6.45, 7) is 3.38. The van der Waals surface area contributed by atoms with E-state index in [2.05, 4.69) is 56.9 Å². The summed E-state index contributed by atoms with van der Waals surface area (Å²) >= 11 is 8.91. The van der Waals surface area contributed by atoms with E-state index in [1.165, 1.54) is 12.1 Å². The Balaban J connectivity index is 1.47. The number of hydrogen-bond acceptors (Lipinski definition) is 1. The lowest BCUT2D eigenvalue weighted by Crippen LogP contribution is -3.09. The highest BCUT2D eigenvalue weighted by atomic mass is 79.9. The zero-order valence-corrected chi connectivity index (χ0v) is 15.3. The lowest BCUT2D eigenvalue weighted by Gasteiger charge is -2.16. The Bertz CT molecular complexity index is 662. The van der Waals surface area contributed by atoms with Gasteiger partial charge in [-0.05, 0) is 30.4 Å². The third-order valence-electron chi connectivity index (χ3n) is 4.10. The van der Waals surface area contributed by atoms with Crippen molar-refractivity contribution >= 4 is 38.9 Å². The first-order chi connectivity index (χ1) is 11.2. The Kier molecular flexibility index (Phi) is 5.65. The van der Waals surface area contributed by atoms with E-state index in [0.717, 1.165) is 29.7 Å². The molecule has 5 heteroatoms.